The molecule has 46 heavy (non-hydrogen) atoms. The zero-order chi connectivity index (χ0) is 31.6. The Bertz CT molecular complexity index is 1520. The molecule has 2 N–H and O–H groups in total. The number of benzene rings is 3. The molecule has 0 unspecified atom stereocenters. The fourth-order valence-electron chi connectivity index (χ4n) is 7.11. The van der Waals surface area contributed by atoms with Gasteiger partial charge in [0.25, 0.3) is 0 Å². The Kier molecular flexibility index (Phi) is 10.9. The van der Waals surface area contributed by atoms with E-state index in [2.05, 4.69) is 68.3 Å². The standard InChI is InChI=1S/C39H51N5O2/c1-39(46-38(45)41-36-17-10-9-16-33(36)32-14-7-6-8-15-32)21-26-42(27-22-39)24-11-4-2-3-5-12-25-43-28-30-44(31-29-43)37-19-13-18-35-34(37)20-23-40-35/h6-10,13-20,23,40H,2-5,11-12,21-22,24-31H2,1H3,(H,41,45). The molecule has 2 fully saturated rings. The molecule has 1 aromatic heterocycles. The van der Waals surface area contributed by atoms with Crippen molar-refractivity contribution < 1.29 is 9.53 Å². The first-order valence-corrected chi connectivity index (χ1v) is 17.5. The molecule has 0 spiro atoms. The van der Waals surface area contributed by atoms with E-state index < -0.39 is 5.60 Å². The van der Waals surface area contributed by atoms with Gasteiger partial charge >= 0.3 is 6.09 Å². The summed E-state index contributed by atoms with van der Waals surface area (Å²) in [5.74, 6) is 0. The SMILES string of the molecule is CC1(OC(=O)Nc2ccccc2-c2ccccc2)CCN(CCCCCCCCN2CCN(c3cccc4[nH]ccc34)CC2)CC1. The number of likely N-dealkylation sites (tertiary alicyclic amines) is 1. The van der Waals surface area contributed by atoms with Gasteiger partial charge in [0.15, 0.2) is 0 Å². The van der Waals surface area contributed by atoms with E-state index >= 15 is 0 Å². The summed E-state index contributed by atoms with van der Waals surface area (Å²) in [7, 11) is 0. The lowest BCUT2D eigenvalue weighted by Crippen LogP contribution is -2.46. The average molecular weight is 622 g/mol. The predicted octanol–water partition coefficient (Wildman–Crippen LogP) is 8.40. The minimum Gasteiger partial charge on any atom is -0.443 e. The molecule has 0 atom stereocenters. The van der Waals surface area contributed by atoms with E-state index in [-0.39, 0.29) is 6.09 Å². The van der Waals surface area contributed by atoms with Gasteiger partial charge in [-0.1, -0.05) is 80.3 Å². The van der Waals surface area contributed by atoms with E-state index in [1.807, 2.05) is 48.7 Å². The molecule has 7 heteroatoms. The summed E-state index contributed by atoms with van der Waals surface area (Å²) in [5.41, 5.74) is 5.02. The number of amides is 1. The summed E-state index contributed by atoms with van der Waals surface area (Å²) >= 11 is 0. The number of carbonyl (C=O) groups is 1. The first-order valence-electron chi connectivity index (χ1n) is 17.5. The fourth-order valence-corrected chi connectivity index (χ4v) is 7.11. The lowest BCUT2D eigenvalue weighted by atomic mass is 9.93. The molecule has 2 saturated heterocycles. The number of aromatic amines is 1. The van der Waals surface area contributed by atoms with Crippen LogP contribution in [0.3, 0.4) is 0 Å². The normalized spacial score (nSPS) is 17.3. The molecule has 244 valence electrons. The summed E-state index contributed by atoms with van der Waals surface area (Å²) in [6.07, 6.45) is 11.3. The zero-order valence-electron chi connectivity index (χ0n) is 27.6. The van der Waals surface area contributed by atoms with E-state index in [9.17, 15) is 4.79 Å². The van der Waals surface area contributed by atoms with Crippen LogP contribution in [0.4, 0.5) is 16.2 Å². The highest BCUT2D eigenvalue weighted by molar-refractivity contribution is 5.93. The fraction of sp³-hybridized carbons (Fsp3) is 0.462. The van der Waals surface area contributed by atoms with Crippen molar-refractivity contribution in [1.82, 2.24) is 14.8 Å². The molecule has 2 aliphatic rings. The Balaban J connectivity index is 0.807. The van der Waals surface area contributed by atoms with Gasteiger partial charge in [-0.05, 0) is 75.5 Å². The first kappa shape index (κ1) is 32.1. The van der Waals surface area contributed by atoms with Crippen molar-refractivity contribution in [3.8, 4) is 11.1 Å². The number of piperidine rings is 1. The number of piperazine rings is 1. The van der Waals surface area contributed by atoms with Crippen LogP contribution in [0.15, 0.2) is 85.1 Å². The van der Waals surface area contributed by atoms with Gasteiger partial charge in [-0.15, -0.1) is 0 Å². The number of aromatic nitrogens is 1. The summed E-state index contributed by atoms with van der Waals surface area (Å²) in [4.78, 5) is 24.0. The Morgan fingerprint density at radius 3 is 2.13 bits per heavy atom. The highest BCUT2D eigenvalue weighted by Crippen LogP contribution is 2.31. The van der Waals surface area contributed by atoms with E-state index in [4.69, 9.17) is 4.74 Å². The molecule has 4 aromatic rings. The molecule has 3 aromatic carbocycles. The smallest absolute Gasteiger partial charge is 0.412 e. The number of carbonyl (C=O) groups excluding carboxylic acids is 1. The maximum atomic E-state index is 12.9. The Hall–Kier alpha value is -3.81. The number of fused-ring (bicyclic) bond motifs is 1. The molecule has 0 radical (unpaired) electrons. The van der Waals surface area contributed by atoms with Crippen LogP contribution in [0.2, 0.25) is 0 Å². The maximum absolute atomic E-state index is 12.9. The van der Waals surface area contributed by atoms with Crippen molar-refractivity contribution in [2.45, 2.75) is 63.9 Å². The Morgan fingerprint density at radius 1 is 0.739 bits per heavy atom. The Labute approximate surface area is 274 Å². The van der Waals surface area contributed by atoms with Crippen molar-refractivity contribution in [3.63, 3.8) is 0 Å². The third kappa shape index (κ3) is 8.51. The number of unbranched alkanes of at least 4 members (excludes halogenated alkanes) is 5. The molecule has 2 aliphatic heterocycles. The number of anilines is 2. The van der Waals surface area contributed by atoms with Crippen molar-refractivity contribution in [1.29, 1.82) is 0 Å². The molecule has 0 saturated carbocycles. The zero-order valence-corrected chi connectivity index (χ0v) is 27.6. The highest BCUT2D eigenvalue weighted by Gasteiger charge is 2.33. The molecule has 1 amide bonds. The molecule has 7 nitrogen and oxygen atoms in total. The maximum Gasteiger partial charge on any atom is 0.412 e. The molecule has 0 bridgehead atoms. The summed E-state index contributed by atoms with van der Waals surface area (Å²) in [6.45, 7) is 11.0. The third-order valence-corrected chi connectivity index (χ3v) is 9.99. The van der Waals surface area contributed by atoms with Crippen LogP contribution in [0.25, 0.3) is 22.0 Å². The number of ether oxygens (including phenoxy) is 1. The minimum absolute atomic E-state index is 0.368. The molecular weight excluding hydrogens is 570 g/mol. The van der Waals surface area contributed by atoms with Gasteiger partial charge in [-0.2, -0.15) is 0 Å². The van der Waals surface area contributed by atoms with Gasteiger partial charge in [0.05, 0.1) is 5.69 Å². The van der Waals surface area contributed by atoms with Gasteiger partial charge in [-0.25, -0.2) is 4.79 Å². The van der Waals surface area contributed by atoms with Crippen molar-refractivity contribution >= 4 is 28.4 Å². The Morgan fingerprint density at radius 2 is 1.39 bits per heavy atom. The van der Waals surface area contributed by atoms with Crippen molar-refractivity contribution in [2.75, 3.05) is 62.6 Å². The third-order valence-electron chi connectivity index (χ3n) is 9.99. The molecule has 6 rings (SSSR count). The second kappa shape index (κ2) is 15.7. The van der Waals surface area contributed by atoms with Gasteiger partial charge < -0.3 is 19.5 Å². The van der Waals surface area contributed by atoms with Crippen molar-refractivity contribution in [3.05, 3.63) is 85.1 Å². The predicted molar refractivity (Wildman–Crippen MR) is 191 cm³/mol. The minimum atomic E-state index is -0.425. The van der Waals surface area contributed by atoms with E-state index in [1.54, 1.807) is 0 Å². The number of hydrogen-bond acceptors (Lipinski definition) is 5. The van der Waals surface area contributed by atoms with Crippen LogP contribution in [-0.2, 0) is 4.74 Å². The number of hydrogen-bond donors (Lipinski definition) is 2. The van der Waals surface area contributed by atoms with Crippen LogP contribution in [-0.4, -0.2) is 78.8 Å². The lowest BCUT2D eigenvalue weighted by Gasteiger charge is -2.38. The monoisotopic (exact) mass is 621 g/mol. The molecular formula is C39H51N5O2. The van der Waals surface area contributed by atoms with Crippen molar-refractivity contribution in [2.24, 2.45) is 0 Å². The quantitative estimate of drug-likeness (QED) is 0.147. The number of nitrogens with zero attached hydrogens (tertiary/aromatic N) is 3. The first-order chi connectivity index (χ1) is 22.6. The topological polar surface area (TPSA) is 63.8 Å². The summed E-state index contributed by atoms with van der Waals surface area (Å²) in [5, 5.41) is 4.34. The largest absolute Gasteiger partial charge is 0.443 e. The van der Waals surface area contributed by atoms with Crippen LogP contribution in [0.1, 0.15) is 58.3 Å². The average Bonchev–Trinajstić information content (AvgIpc) is 3.57. The molecule has 3 heterocycles. The van der Waals surface area contributed by atoms with E-state index in [0.29, 0.717) is 0 Å². The number of nitrogens with one attached hydrogen (secondary N) is 2. The van der Waals surface area contributed by atoms with Gasteiger partial charge in [0.1, 0.15) is 5.60 Å². The second-order valence-corrected chi connectivity index (χ2v) is 13.4. The summed E-state index contributed by atoms with van der Waals surface area (Å²) < 4.78 is 6.00. The second-order valence-electron chi connectivity index (χ2n) is 13.4. The number of para-hydroxylation sites is 1. The van der Waals surface area contributed by atoms with Gasteiger partial charge in [0.2, 0.25) is 0 Å². The van der Waals surface area contributed by atoms with Gasteiger partial charge in [-0.3, -0.25) is 10.2 Å². The van der Waals surface area contributed by atoms with E-state index in [0.717, 1.165) is 75.5 Å². The van der Waals surface area contributed by atoms with Crippen LogP contribution in [0, 0.1) is 0 Å². The van der Waals surface area contributed by atoms with Gasteiger partial charge in [0, 0.05) is 67.6 Å². The van der Waals surface area contributed by atoms with Crippen LogP contribution >= 0.6 is 0 Å². The number of rotatable bonds is 13. The summed E-state index contributed by atoms with van der Waals surface area (Å²) in [6, 6.07) is 26.8. The number of H-pyrrole nitrogens is 1. The highest BCUT2D eigenvalue weighted by atomic mass is 16.6. The van der Waals surface area contributed by atoms with Crippen LogP contribution < -0.4 is 10.2 Å². The molecule has 0 aliphatic carbocycles. The van der Waals surface area contributed by atoms with Crippen LogP contribution in [0.5, 0.6) is 0 Å². The van der Waals surface area contributed by atoms with E-state index in [1.165, 1.54) is 61.7 Å². The lowest BCUT2D eigenvalue weighted by molar-refractivity contribution is -0.0163.